The number of thiazole rings is 1. The first-order chi connectivity index (χ1) is 14.5. The van der Waals surface area contributed by atoms with Crippen molar-refractivity contribution in [3.63, 3.8) is 0 Å². The third kappa shape index (κ3) is 4.95. The average Bonchev–Trinajstić information content (AvgIpc) is 3.14. The van der Waals surface area contributed by atoms with Gasteiger partial charge >= 0.3 is 0 Å². The Morgan fingerprint density at radius 3 is 2.80 bits per heavy atom. The molecule has 8 heteroatoms. The van der Waals surface area contributed by atoms with Crippen molar-refractivity contribution in [2.75, 3.05) is 23.3 Å². The van der Waals surface area contributed by atoms with Crippen LogP contribution in [-0.2, 0) is 0 Å². The summed E-state index contributed by atoms with van der Waals surface area (Å²) < 4.78 is 0. The number of aliphatic hydroxyl groups excluding tert-OH is 1. The van der Waals surface area contributed by atoms with Crippen LogP contribution in [0.15, 0.2) is 36.5 Å². The van der Waals surface area contributed by atoms with E-state index in [1.54, 1.807) is 12.1 Å². The number of phenolic OH excluding ortho intramolecular Hbond substituents is 1. The molecule has 0 saturated carbocycles. The molecule has 156 valence electrons. The van der Waals surface area contributed by atoms with E-state index < -0.39 is 0 Å². The first-order valence-corrected chi connectivity index (χ1v) is 10.8. The van der Waals surface area contributed by atoms with Gasteiger partial charge in [0.15, 0.2) is 5.13 Å². The molecule has 0 radical (unpaired) electrons. The number of benzene rings is 1. The summed E-state index contributed by atoms with van der Waals surface area (Å²) in [6.07, 6.45) is 5.17. The number of aryl methyl sites for hydroxylation is 1. The van der Waals surface area contributed by atoms with Crippen molar-refractivity contribution in [3.05, 3.63) is 52.8 Å². The van der Waals surface area contributed by atoms with Gasteiger partial charge in [-0.15, -0.1) is 0 Å². The van der Waals surface area contributed by atoms with Crippen molar-refractivity contribution in [1.82, 2.24) is 15.0 Å². The Morgan fingerprint density at radius 2 is 2.03 bits per heavy atom. The third-order valence-electron chi connectivity index (χ3n) is 5.03. The van der Waals surface area contributed by atoms with E-state index in [0.29, 0.717) is 11.6 Å². The van der Waals surface area contributed by atoms with Gasteiger partial charge < -0.3 is 20.4 Å². The van der Waals surface area contributed by atoms with Crippen LogP contribution >= 0.6 is 11.3 Å². The highest BCUT2D eigenvalue weighted by molar-refractivity contribution is 7.16. The van der Waals surface area contributed by atoms with Crippen molar-refractivity contribution < 1.29 is 10.2 Å². The van der Waals surface area contributed by atoms with E-state index >= 15 is 0 Å². The van der Waals surface area contributed by atoms with Gasteiger partial charge in [0, 0.05) is 30.2 Å². The molecule has 1 saturated heterocycles. The zero-order valence-corrected chi connectivity index (χ0v) is 17.9. The number of hydrogen-bond donors (Lipinski definition) is 3. The predicted octanol–water partition coefficient (Wildman–Crippen LogP) is 4.21. The van der Waals surface area contributed by atoms with Crippen LogP contribution < -0.4 is 10.2 Å². The molecule has 1 aliphatic rings. The van der Waals surface area contributed by atoms with Gasteiger partial charge in [-0.2, -0.15) is 0 Å². The minimum Gasteiger partial charge on any atom is -0.508 e. The number of aromatic nitrogens is 3. The lowest BCUT2D eigenvalue weighted by molar-refractivity contribution is 0.145. The van der Waals surface area contributed by atoms with E-state index in [4.69, 9.17) is 0 Å². The SMILES string of the molecule is C/C(=C/c1cnc(Nc2cc(N3CCC(O)CC3)nc(C)n2)s1)c1cccc(O)c1. The summed E-state index contributed by atoms with van der Waals surface area (Å²) in [5.74, 6) is 2.52. The van der Waals surface area contributed by atoms with E-state index in [0.717, 1.165) is 52.9 Å². The van der Waals surface area contributed by atoms with Crippen molar-refractivity contribution in [2.45, 2.75) is 32.8 Å². The summed E-state index contributed by atoms with van der Waals surface area (Å²) in [4.78, 5) is 16.7. The van der Waals surface area contributed by atoms with E-state index in [2.05, 4.69) is 25.2 Å². The number of allylic oxidation sites excluding steroid dienone is 1. The van der Waals surface area contributed by atoms with Crippen LogP contribution in [0, 0.1) is 6.92 Å². The van der Waals surface area contributed by atoms with E-state index in [1.807, 2.05) is 44.3 Å². The summed E-state index contributed by atoms with van der Waals surface area (Å²) in [5.41, 5.74) is 2.02. The summed E-state index contributed by atoms with van der Waals surface area (Å²) >= 11 is 1.53. The van der Waals surface area contributed by atoms with Crippen LogP contribution in [0.3, 0.4) is 0 Å². The molecule has 0 atom stereocenters. The average molecular weight is 424 g/mol. The Balaban J connectivity index is 1.49. The Bertz CT molecular complexity index is 1060. The number of hydrogen-bond acceptors (Lipinski definition) is 8. The second-order valence-electron chi connectivity index (χ2n) is 7.45. The number of nitrogens with zero attached hydrogens (tertiary/aromatic N) is 4. The molecule has 7 nitrogen and oxygen atoms in total. The maximum atomic E-state index is 9.73. The topological polar surface area (TPSA) is 94.4 Å². The minimum atomic E-state index is -0.216. The summed E-state index contributed by atoms with van der Waals surface area (Å²) in [6.45, 7) is 5.47. The fourth-order valence-electron chi connectivity index (χ4n) is 3.44. The van der Waals surface area contributed by atoms with Crippen LogP contribution in [0.25, 0.3) is 11.6 Å². The quantitative estimate of drug-likeness (QED) is 0.566. The number of piperidine rings is 1. The molecule has 0 spiro atoms. The van der Waals surface area contributed by atoms with E-state index in [9.17, 15) is 10.2 Å². The van der Waals surface area contributed by atoms with Crippen LogP contribution in [0.2, 0.25) is 0 Å². The molecular formula is C22H25N5O2S. The lowest BCUT2D eigenvalue weighted by Crippen LogP contribution is -2.36. The highest BCUT2D eigenvalue weighted by Crippen LogP contribution is 2.28. The maximum absolute atomic E-state index is 9.73. The number of aliphatic hydroxyl groups is 1. The van der Waals surface area contributed by atoms with Crippen LogP contribution in [-0.4, -0.2) is 44.4 Å². The Hall–Kier alpha value is -2.97. The molecule has 0 aliphatic carbocycles. The standard InChI is InChI=1S/C22H25N5O2S/c1-14(16-4-3-5-18(29)11-16)10-19-13-23-22(30-19)26-20-12-21(25-15(2)24-20)27-8-6-17(28)7-9-27/h3-5,10-13,17,28-29H,6-9H2,1-2H3,(H,23,24,25,26)/b14-10-. The lowest BCUT2D eigenvalue weighted by atomic mass is 10.1. The number of phenols is 1. The van der Waals surface area contributed by atoms with Crippen molar-refractivity contribution >= 4 is 39.8 Å². The minimum absolute atomic E-state index is 0.216. The number of nitrogens with one attached hydrogen (secondary N) is 1. The molecule has 4 rings (SSSR count). The molecule has 3 aromatic rings. The number of rotatable bonds is 5. The lowest BCUT2D eigenvalue weighted by Gasteiger charge is -2.30. The molecule has 0 amide bonds. The number of aromatic hydroxyl groups is 1. The van der Waals surface area contributed by atoms with Gasteiger partial charge in [0.05, 0.1) is 6.10 Å². The van der Waals surface area contributed by atoms with Gasteiger partial charge in [-0.25, -0.2) is 15.0 Å². The second-order valence-corrected chi connectivity index (χ2v) is 8.51. The largest absolute Gasteiger partial charge is 0.508 e. The smallest absolute Gasteiger partial charge is 0.188 e. The fraction of sp³-hybridized carbons (Fsp3) is 0.318. The van der Waals surface area contributed by atoms with Gasteiger partial charge in [-0.3, -0.25) is 0 Å². The van der Waals surface area contributed by atoms with Crippen LogP contribution in [0.5, 0.6) is 5.75 Å². The monoisotopic (exact) mass is 423 g/mol. The third-order valence-corrected chi connectivity index (χ3v) is 5.89. The van der Waals surface area contributed by atoms with Crippen LogP contribution in [0.4, 0.5) is 16.8 Å². The first kappa shape index (κ1) is 20.3. The molecule has 2 aromatic heterocycles. The van der Waals surface area contributed by atoms with E-state index in [1.165, 1.54) is 11.3 Å². The summed E-state index contributed by atoms with van der Waals surface area (Å²) in [7, 11) is 0. The van der Waals surface area contributed by atoms with Gasteiger partial charge in [0.2, 0.25) is 0 Å². The molecule has 1 aromatic carbocycles. The van der Waals surface area contributed by atoms with Gasteiger partial charge in [-0.1, -0.05) is 23.5 Å². The molecule has 0 unspecified atom stereocenters. The van der Waals surface area contributed by atoms with Gasteiger partial charge in [-0.05, 0) is 56.0 Å². The maximum Gasteiger partial charge on any atom is 0.188 e. The Labute approximate surface area is 179 Å². The molecule has 0 bridgehead atoms. The van der Waals surface area contributed by atoms with Gasteiger partial charge in [0.25, 0.3) is 0 Å². The molecular weight excluding hydrogens is 398 g/mol. The zero-order valence-electron chi connectivity index (χ0n) is 17.0. The number of anilines is 3. The van der Waals surface area contributed by atoms with Crippen molar-refractivity contribution in [3.8, 4) is 5.75 Å². The molecule has 1 aliphatic heterocycles. The summed E-state index contributed by atoms with van der Waals surface area (Å²) in [6, 6.07) is 9.14. The molecule has 3 heterocycles. The normalized spacial score (nSPS) is 15.4. The Kier molecular flexibility index (Phi) is 5.96. The van der Waals surface area contributed by atoms with Gasteiger partial charge in [0.1, 0.15) is 23.2 Å². The fourth-order valence-corrected chi connectivity index (χ4v) is 4.27. The highest BCUT2D eigenvalue weighted by atomic mass is 32.1. The predicted molar refractivity (Wildman–Crippen MR) is 121 cm³/mol. The summed E-state index contributed by atoms with van der Waals surface area (Å²) in [5, 5.41) is 23.4. The second kappa shape index (κ2) is 8.81. The van der Waals surface area contributed by atoms with Crippen LogP contribution in [0.1, 0.15) is 36.0 Å². The van der Waals surface area contributed by atoms with E-state index in [-0.39, 0.29) is 11.9 Å². The van der Waals surface area contributed by atoms with Crippen molar-refractivity contribution in [2.24, 2.45) is 0 Å². The molecule has 3 N–H and O–H groups in total. The first-order valence-electron chi connectivity index (χ1n) is 9.95. The molecule has 30 heavy (non-hydrogen) atoms. The Morgan fingerprint density at radius 1 is 1.23 bits per heavy atom. The molecule has 1 fully saturated rings. The van der Waals surface area contributed by atoms with Crippen molar-refractivity contribution in [1.29, 1.82) is 0 Å². The highest BCUT2D eigenvalue weighted by Gasteiger charge is 2.19. The zero-order chi connectivity index (χ0) is 21.1.